The van der Waals surface area contributed by atoms with Gasteiger partial charge in [-0.25, -0.2) is 4.98 Å². The Hall–Kier alpha value is -3.27. The lowest BCUT2D eigenvalue weighted by atomic mass is 9.59. The van der Waals surface area contributed by atoms with Gasteiger partial charge in [-0.15, -0.1) is 10.2 Å². The molecule has 2 N–H and O–H groups in total. The molecule has 3 aromatic rings. The lowest BCUT2D eigenvalue weighted by Crippen LogP contribution is -2.43. The molecule has 2 aliphatic rings. The number of pyridine rings is 2. The fourth-order valence-electron chi connectivity index (χ4n) is 5.73. The lowest BCUT2D eigenvalue weighted by Gasteiger charge is -2.45. The van der Waals surface area contributed by atoms with E-state index in [0.717, 1.165) is 30.8 Å². The van der Waals surface area contributed by atoms with E-state index in [2.05, 4.69) is 51.6 Å². The summed E-state index contributed by atoms with van der Waals surface area (Å²) in [6.45, 7) is 7.51. The van der Waals surface area contributed by atoms with Gasteiger partial charge in [0.2, 0.25) is 0 Å². The summed E-state index contributed by atoms with van der Waals surface area (Å²) in [5.74, 6) is -1.78. The highest BCUT2D eigenvalue weighted by Gasteiger charge is 2.48. The highest BCUT2D eigenvalue weighted by Crippen LogP contribution is 2.51. The van der Waals surface area contributed by atoms with Gasteiger partial charge in [-0.2, -0.15) is 8.78 Å². The number of rotatable bonds is 8. The van der Waals surface area contributed by atoms with Crippen molar-refractivity contribution in [1.82, 2.24) is 30.0 Å². The second-order valence-corrected chi connectivity index (χ2v) is 11.0. The van der Waals surface area contributed by atoms with Crippen LogP contribution < -0.4 is 10.6 Å². The molecule has 0 unspecified atom stereocenters. The Kier molecular flexibility index (Phi) is 6.55. The number of hydrogen-bond donors (Lipinski definition) is 2. The van der Waals surface area contributed by atoms with E-state index in [1.807, 2.05) is 17.7 Å². The molecule has 10 heteroatoms. The van der Waals surface area contributed by atoms with Crippen molar-refractivity contribution in [2.24, 2.45) is 18.9 Å². The van der Waals surface area contributed by atoms with Gasteiger partial charge < -0.3 is 15.2 Å². The van der Waals surface area contributed by atoms with Crippen LogP contribution in [-0.4, -0.2) is 37.2 Å². The molecule has 0 spiro atoms. The summed E-state index contributed by atoms with van der Waals surface area (Å²) in [5, 5.41) is 14.6. The first-order valence-electron chi connectivity index (χ1n) is 12.8. The molecule has 37 heavy (non-hydrogen) atoms. The average molecular weight is 510 g/mol. The van der Waals surface area contributed by atoms with Crippen molar-refractivity contribution >= 4 is 11.6 Å². The fraction of sp³-hybridized carbons (Fsp3) is 0.519. The molecule has 0 atom stereocenters. The van der Waals surface area contributed by atoms with E-state index in [-0.39, 0.29) is 29.6 Å². The molecule has 0 bridgehead atoms. The maximum absolute atomic E-state index is 14.6. The van der Waals surface area contributed by atoms with Crippen LogP contribution in [0.2, 0.25) is 0 Å². The number of alkyl halides is 2. The molecule has 0 aliphatic heterocycles. The molecule has 5 rings (SSSR count). The quantitative estimate of drug-likeness (QED) is 0.468. The number of aromatic nitrogens is 5. The summed E-state index contributed by atoms with van der Waals surface area (Å²) in [5.41, 5.74) is 2.03. The Morgan fingerprint density at radius 1 is 1.24 bits per heavy atom. The average Bonchev–Trinajstić information content (AvgIpc) is 3.39. The summed E-state index contributed by atoms with van der Waals surface area (Å²) < 4.78 is 31.2. The summed E-state index contributed by atoms with van der Waals surface area (Å²) in [6, 6.07) is 3.52. The molecule has 3 heterocycles. The Balaban J connectivity index is 1.42. The van der Waals surface area contributed by atoms with Crippen molar-refractivity contribution in [2.75, 3.05) is 11.9 Å². The second kappa shape index (κ2) is 9.55. The Labute approximate surface area is 215 Å². The first-order valence-corrected chi connectivity index (χ1v) is 12.8. The largest absolute Gasteiger partial charge is 0.320 e. The van der Waals surface area contributed by atoms with Crippen LogP contribution in [0.4, 0.5) is 14.5 Å². The molecule has 3 aromatic heterocycles. The van der Waals surface area contributed by atoms with Crippen LogP contribution in [0.25, 0.3) is 0 Å². The predicted molar refractivity (Wildman–Crippen MR) is 135 cm³/mol. The number of fused-ring (bicyclic) bond motifs is 1. The number of carbonyl (C=O) groups is 1. The molecule has 1 saturated carbocycles. The highest BCUT2D eigenvalue weighted by molar-refractivity contribution is 6.03. The number of nitrogens with zero attached hydrogens (tertiary/aromatic N) is 5. The van der Waals surface area contributed by atoms with Gasteiger partial charge >= 0.3 is 0 Å². The van der Waals surface area contributed by atoms with Crippen LogP contribution in [0, 0.1) is 11.8 Å². The fourth-order valence-corrected chi connectivity index (χ4v) is 5.73. The summed E-state index contributed by atoms with van der Waals surface area (Å²) in [6.07, 6.45) is 6.79. The Morgan fingerprint density at radius 3 is 2.70 bits per heavy atom. The molecular formula is C27H33F2N7O. The zero-order valence-electron chi connectivity index (χ0n) is 21.7. The summed E-state index contributed by atoms with van der Waals surface area (Å²) >= 11 is 0. The Morgan fingerprint density at radius 2 is 2.03 bits per heavy atom. The predicted octanol–water partition coefficient (Wildman–Crippen LogP) is 4.36. The van der Waals surface area contributed by atoms with Gasteiger partial charge in [0.25, 0.3) is 11.8 Å². The molecular weight excluding hydrogens is 476 g/mol. The molecule has 0 saturated heterocycles. The number of aryl methyl sites for hydroxylation is 1. The SMILES string of the molecule is CC(C)CNCc1cc(C(=O)Nc2cncc(C3(c4nncn4C)CC(C)C3)c2)nc2c1CCC2(F)F. The van der Waals surface area contributed by atoms with Crippen molar-refractivity contribution in [3.05, 3.63) is 64.8 Å². The first-order chi connectivity index (χ1) is 17.6. The molecule has 0 radical (unpaired) electrons. The van der Waals surface area contributed by atoms with Crippen molar-refractivity contribution in [3.8, 4) is 0 Å². The summed E-state index contributed by atoms with van der Waals surface area (Å²) in [4.78, 5) is 21.8. The third kappa shape index (κ3) is 4.74. The minimum atomic E-state index is -3.04. The Bertz CT molecular complexity index is 1310. The normalized spacial score (nSPS) is 22.1. The topological polar surface area (TPSA) is 97.6 Å². The van der Waals surface area contributed by atoms with E-state index in [4.69, 9.17) is 0 Å². The van der Waals surface area contributed by atoms with E-state index in [1.54, 1.807) is 24.8 Å². The van der Waals surface area contributed by atoms with Gasteiger partial charge in [-0.3, -0.25) is 9.78 Å². The maximum Gasteiger partial charge on any atom is 0.290 e. The number of carbonyl (C=O) groups excluding carboxylic acids is 1. The molecule has 1 amide bonds. The maximum atomic E-state index is 14.6. The van der Waals surface area contributed by atoms with Crippen molar-refractivity contribution in [3.63, 3.8) is 0 Å². The molecule has 196 valence electrons. The van der Waals surface area contributed by atoms with E-state index in [9.17, 15) is 13.6 Å². The van der Waals surface area contributed by atoms with Gasteiger partial charge in [-0.05, 0) is 66.5 Å². The van der Waals surface area contributed by atoms with Crippen molar-refractivity contribution < 1.29 is 13.6 Å². The standard InChI is InChI=1S/C27H33F2N7O/c1-16(2)11-30-12-18-7-22(34-23-21(18)5-6-27(23,28)29)24(37)33-20-8-19(13-31-14-20)26(9-17(3)10-26)25-35-32-15-36(25)4/h7-8,13-17,30H,5-6,9-12H2,1-4H3,(H,33,37). The minimum Gasteiger partial charge on any atom is -0.320 e. The summed E-state index contributed by atoms with van der Waals surface area (Å²) in [7, 11) is 1.92. The van der Waals surface area contributed by atoms with Crippen molar-refractivity contribution in [1.29, 1.82) is 0 Å². The number of anilines is 1. The van der Waals surface area contributed by atoms with Gasteiger partial charge in [0.15, 0.2) is 0 Å². The minimum absolute atomic E-state index is 0.0210. The smallest absolute Gasteiger partial charge is 0.290 e. The van der Waals surface area contributed by atoms with Crippen molar-refractivity contribution in [2.45, 2.75) is 64.3 Å². The second-order valence-electron chi connectivity index (χ2n) is 11.0. The van der Waals surface area contributed by atoms with Crippen LogP contribution in [0.3, 0.4) is 0 Å². The monoisotopic (exact) mass is 509 g/mol. The zero-order chi connectivity index (χ0) is 26.4. The molecule has 2 aliphatic carbocycles. The van der Waals surface area contributed by atoms with E-state index < -0.39 is 11.8 Å². The first kappa shape index (κ1) is 25.4. The van der Waals surface area contributed by atoms with Gasteiger partial charge in [0.05, 0.1) is 17.3 Å². The third-order valence-electron chi connectivity index (χ3n) is 7.43. The van der Waals surface area contributed by atoms with Gasteiger partial charge in [-0.1, -0.05) is 20.8 Å². The molecule has 0 aromatic carbocycles. The lowest BCUT2D eigenvalue weighted by molar-refractivity contribution is -0.00602. The van der Waals surface area contributed by atoms with Crippen LogP contribution in [0.15, 0.2) is 30.9 Å². The number of amides is 1. The molecule has 1 fully saturated rings. The van der Waals surface area contributed by atoms with Crippen LogP contribution in [0.5, 0.6) is 0 Å². The van der Waals surface area contributed by atoms with Gasteiger partial charge in [0.1, 0.15) is 23.5 Å². The van der Waals surface area contributed by atoms with Crippen LogP contribution in [-0.2, 0) is 31.4 Å². The number of nitrogens with one attached hydrogen (secondary N) is 2. The van der Waals surface area contributed by atoms with Gasteiger partial charge in [0, 0.05) is 26.2 Å². The number of halogens is 2. The van der Waals surface area contributed by atoms with E-state index >= 15 is 0 Å². The number of hydrogen-bond acceptors (Lipinski definition) is 6. The van der Waals surface area contributed by atoms with Crippen LogP contribution in [0.1, 0.15) is 78.7 Å². The third-order valence-corrected chi connectivity index (χ3v) is 7.43. The zero-order valence-corrected chi connectivity index (χ0v) is 21.7. The van der Waals surface area contributed by atoms with E-state index in [1.165, 1.54) is 0 Å². The van der Waals surface area contributed by atoms with E-state index in [0.29, 0.717) is 35.2 Å². The van der Waals surface area contributed by atoms with Crippen LogP contribution >= 0.6 is 0 Å². The molecule has 8 nitrogen and oxygen atoms in total. The highest BCUT2D eigenvalue weighted by atomic mass is 19.3.